The van der Waals surface area contributed by atoms with Gasteiger partial charge in [0.25, 0.3) is 0 Å². The van der Waals surface area contributed by atoms with Gasteiger partial charge in [-0.05, 0) is 26.7 Å². The van der Waals surface area contributed by atoms with Crippen LogP contribution in [-0.4, -0.2) is 43.8 Å². The van der Waals surface area contributed by atoms with Crippen LogP contribution in [0.1, 0.15) is 52.4 Å². The van der Waals surface area contributed by atoms with Crippen molar-refractivity contribution in [2.24, 2.45) is 0 Å². The standard InChI is InChI=1S/C15H26O5/c1-14(17-9-10-18-14)7-3-5-13(16)6-4-8-15(2)19-11-12-20-15/h3-12H2,1-2H3. The predicted octanol–water partition coefficient (Wildman–Crippen LogP) is 2.42. The van der Waals surface area contributed by atoms with Crippen molar-refractivity contribution in [2.45, 2.75) is 63.9 Å². The molecule has 0 aromatic rings. The van der Waals surface area contributed by atoms with E-state index in [1.807, 2.05) is 13.8 Å². The number of ketones is 1. The maximum Gasteiger partial charge on any atom is 0.165 e. The first-order valence-corrected chi connectivity index (χ1v) is 7.59. The average Bonchev–Trinajstić information content (AvgIpc) is 2.99. The lowest BCUT2D eigenvalue weighted by Gasteiger charge is -2.22. The largest absolute Gasteiger partial charge is 0.348 e. The smallest absolute Gasteiger partial charge is 0.165 e. The number of hydrogen-bond acceptors (Lipinski definition) is 5. The highest BCUT2D eigenvalue weighted by Crippen LogP contribution is 2.26. The normalized spacial score (nSPS) is 24.1. The number of hydrogen-bond donors (Lipinski definition) is 0. The first kappa shape index (κ1) is 15.9. The fourth-order valence-corrected chi connectivity index (χ4v) is 2.74. The molecule has 0 aliphatic carbocycles. The van der Waals surface area contributed by atoms with Crippen molar-refractivity contribution >= 4 is 5.78 Å². The van der Waals surface area contributed by atoms with Crippen molar-refractivity contribution in [1.29, 1.82) is 0 Å². The van der Waals surface area contributed by atoms with E-state index in [1.54, 1.807) is 0 Å². The highest BCUT2D eigenvalue weighted by atomic mass is 16.7. The van der Waals surface area contributed by atoms with Crippen molar-refractivity contribution in [3.8, 4) is 0 Å². The molecule has 5 heteroatoms. The molecular weight excluding hydrogens is 260 g/mol. The van der Waals surface area contributed by atoms with E-state index >= 15 is 0 Å². The van der Waals surface area contributed by atoms with Crippen molar-refractivity contribution in [2.75, 3.05) is 26.4 Å². The van der Waals surface area contributed by atoms with Crippen molar-refractivity contribution in [3.63, 3.8) is 0 Å². The van der Waals surface area contributed by atoms with E-state index in [1.165, 1.54) is 0 Å². The van der Waals surface area contributed by atoms with E-state index in [2.05, 4.69) is 0 Å². The molecule has 0 spiro atoms. The van der Waals surface area contributed by atoms with Gasteiger partial charge in [0.05, 0.1) is 26.4 Å². The zero-order chi connectivity index (χ0) is 14.5. The van der Waals surface area contributed by atoms with Crippen LogP contribution < -0.4 is 0 Å². The van der Waals surface area contributed by atoms with Gasteiger partial charge in [-0.1, -0.05) is 0 Å². The Balaban J connectivity index is 1.54. The van der Waals surface area contributed by atoms with Gasteiger partial charge >= 0.3 is 0 Å². The molecule has 0 aromatic heterocycles. The second-order valence-corrected chi connectivity index (χ2v) is 5.91. The molecule has 2 aliphatic heterocycles. The van der Waals surface area contributed by atoms with Gasteiger partial charge in [-0.2, -0.15) is 0 Å². The Bertz CT molecular complexity index is 286. The highest BCUT2D eigenvalue weighted by molar-refractivity contribution is 5.78. The second-order valence-electron chi connectivity index (χ2n) is 5.91. The van der Waals surface area contributed by atoms with E-state index in [9.17, 15) is 4.79 Å². The predicted molar refractivity (Wildman–Crippen MR) is 73.3 cm³/mol. The van der Waals surface area contributed by atoms with Crippen LogP contribution in [0.15, 0.2) is 0 Å². The minimum atomic E-state index is -0.473. The molecule has 0 amide bonds. The van der Waals surface area contributed by atoms with Gasteiger partial charge in [-0.3, -0.25) is 4.79 Å². The van der Waals surface area contributed by atoms with Crippen LogP contribution in [0.5, 0.6) is 0 Å². The zero-order valence-electron chi connectivity index (χ0n) is 12.6. The van der Waals surface area contributed by atoms with Crippen LogP contribution in [0.2, 0.25) is 0 Å². The van der Waals surface area contributed by atoms with Gasteiger partial charge in [0, 0.05) is 25.7 Å². The topological polar surface area (TPSA) is 54.0 Å². The minimum Gasteiger partial charge on any atom is -0.348 e. The maximum absolute atomic E-state index is 11.8. The van der Waals surface area contributed by atoms with Crippen molar-refractivity contribution in [1.82, 2.24) is 0 Å². The molecular formula is C15H26O5. The van der Waals surface area contributed by atoms with Crippen LogP contribution in [0.3, 0.4) is 0 Å². The van der Waals surface area contributed by atoms with Crippen molar-refractivity contribution in [3.05, 3.63) is 0 Å². The van der Waals surface area contributed by atoms with E-state index in [-0.39, 0.29) is 0 Å². The van der Waals surface area contributed by atoms with Crippen LogP contribution in [0.4, 0.5) is 0 Å². The zero-order valence-corrected chi connectivity index (χ0v) is 12.6. The Kier molecular flexibility index (Phi) is 5.55. The summed E-state index contributed by atoms with van der Waals surface area (Å²) in [6, 6.07) is 0. The Hall–Kier alpha value is -0.490. The minimum absolute atomic E-state index is 0.299. The summed E-state index contributed by atoms with van der Waals surface area (Å²) in [5, 5.41) is 0. The summed E-state index contributed by atoms with van der Waals surface area (Å²) >= 11 is 0. The van der Waals surface area contributed by atoms with Gasteiger partial charge in [0.15, 0.2) is 11.6 Å². The van der Waals surface area contributed by atoms with E-state index in [0.717, 1.165) is 25.7 Å². The lowest BCUT2D eigenvalue weighted by Crippen LogP contribution is -2.26. The van der Waals surface area contributed by atoms with Crippen LogP contribution in [0, 0.1) is 0 Å². The third-order valence-electron chi connectivity index (χ3n) is 3.97. The first-order valence-electron chi connectivity index (χ1n) is 7.59. The van der Waals surface area contributed by atoms with Gasteiger partial charge in [-0.15, -0.1) is 0 Å². The number of ether oxygens (including phenoxy) is 4. The molecule has 0 radical (unpaired) electrons. The Morgan fingerprint density at radius 1 is 0.800 bits per heavy atom. The lowest BCUT2D eigenvalue weighted by molar-refractivity contribution is -0.149. The fraction of sp³-hybridized carbons (Fsp3) is 0.933. The number of carbonyl (C=O) groups is 1. The Morgan fingerprint density at radius 2 is 1.15 bits per heavy atom. The summed E-state index contributed by atoms with van der Waals surface area (Å²) in [5.74, 6) is -0.647. The average molecular weight is 286 g/mol. The molecule has 0 saturated carbocycles. The van der Waals surface area contributed by atoms with Gasteiger partial charge in [0.2, 0.25) is 0 Å². The van der Waals surface area contributed by atoms with E-state index < -0.39 is 11.6 Å². The first-order chi connectivity index (χ1) is 9.52. The molecule has 2 aliphatic rings. The van der Waals surface area contributed by atoms with Crippen molar-refractivity contribution < 1.29 is 23.7 Å². The summed E-state index contributed by atoms with van der Waals surface area (Å²) < 4.78 is 22.1. The van der Waals surface area contributed by atoms with Crippen LogP contribution >= 0.6 is 0 Å². The molecule has 2 heterocycles. The summed E-state index contributed by atoms with van der Waals surface area (Å²) in [7, 11) is 0. The molecule has 0 bridgehead atoms. The summed E-state index contributed by atoms with van der Waals surface area (Å²) in [4.78, 5) is 11.8. The molecule has 0 aromatic carbocycles. The number of carbonyl (C=O) groups excluding carboxylic acids is 1. The third-order valence-corrected chi connectivity index (χ3v) is 3.97. The number of Topliss-reactive ketones (excluding diaryl/α,β-unsaturated/α-hetero) is 1. The number of rotatable bonds is 8. The molecule has 2 rings (SSSR count). The molecule has 20 heavy (non-hydrogen) atoms. The summed E-state index contributed by atoms with van der Waals surface area (Å²) in [6.07, 6.45) is 4.39. The van der Waals surface area contributed by atoms with E-state index in [0.29, 0.717) is 45.1 Å². The van der Waals surface area contributed by atoms with E-state index in [4.69, 9.17) is 18.9 Å². The molecule has 0 unspecified atom stereocenters. The molecule has 0 N–H and O–H groups in total. The third kappa shape index (κ3) is 4.81. The van der Waals surface area contributed by atoms with Gasteiger partial charge in [-0.25, -0.2) is 0 Å². The fourth-order valence-electron chi connectivity index (χ4n) is 2.74. The highest BCUT2D eigenvalue weighted by Gasteiger charge is 2.31. The molecule has 2 fully saturated rings. The monoisotopic (exact) mass is 286 g/mol. The quantitative estimate of drug-likeness (QED) is 0.686. The summed E-state index contributed by atoms with van der Waals surface area (Å²) in [5.41, 5.74) is 0. The van der Waals surface area contributed by atoms with Crippen LogP contribution in [-0.2, 0) is 23.7 Å². The summed E-state index contributed by atoms with van der Waals surface area (Å²) in [6.45, 7) is 6.51. The molecule has 116 valence electrons. The molecule has 2 saturated heterocycles. The Morgan fingerprint density at radius 3 is 1.50 bits per heavy atom. The van der Waals surface area contributed by atoms with Crippen LogP contribution in [0.25, 0.3) is 0 Å². The lowest BCUT2D eigenvalue weighted by atomic mass is 10.0. The maximum atomic E-state index is 11.8. The molecule has 5 nitrogen and oxygen atoms in total. The second kappa shape index (κ2) is 6.98. The SMILES string of the molecule is CC1(CCCC(=O)CCCC2(C)OCCO2)OCCO1. The van der Waals surface area contributed by atoms with Gasteiger partial charge in [0.1, 0.15) is 5.78 Å². The molecule has 0 atom stereocenters. The Labute approximate surface area is 120 Å². The van der Waals surface area contributed by atoms with Gasteiger partial charge < -0.3 is 18.9 Å².